The van der Waals surface area contributed by atoms with E-state index in [0.717, 1.165) is 17.5 Å². The number of hydrogen-bond acceptors (Lipinski definition) is 5. The second kappa shape index (κ2) is 7.72. The van der Waals surface area contributed by atoms with Gasteiger partial charge in [-0.25, -0.2) is 12.7 Å². The van der Waals surface area contributed by atoms with Crippen LogP contribution in [0.25, 0.3) is 11.1 Å². The molecule has 152 valence electrons. The number of ketones is 1. The van der Waals surface area contributed by atoms with E-state index in [2.05, 4.69) is 12.1 Å². The van der Waals surface area contributed by atoms with E-state index in [0.29, 0.717) is 31.5 Å². The number of carbonyl (C=O) groups excluding carboxylic acids is 2. The number of carbonyl (C=O) groups is 2. The average molecular weight is 413 g/mol. The average Bonchev–Trinajstić information content (AvgIpc) is 3.09. The van der Waals surface area contributed by atoms with Crippen LogP contribution in [-0.4, -0.2) is 50.4 Å². The van der Waals surface area contributed by atoms with Crippen molar-refractivity contribution in [2.45, 2.75) is 19.3 Å². The Morgan fingerprint density at radius 3 is 2.45 bits per heavy atom. The van der Waals surface area contributed by atoms with Crippen molar-refractivity contribution in [2.24, 2.45) is 5.92 Å². The Kier molecular flexibility index (Phi) is 5.27. The standard InChI is InChI=1S/C22H23NO5S/c1-29(26,27)23-10-8-15(9-11-23)22(25)28-14-21(24)18-7-6-17-12-16-4-2-3-5-19(16)20(17)13-18/h2-7,13,15H,8-12,14H2,1H3. The SMILES string of the molecule is CS(=O)(=O)N1CCC(C(=O)OCC(=O)c2ccc3c(c2)-c2ccccc2C3)CC1. The molecular weight excluding hydrogens is 390 g/mol. The lowest BCUT2D eigenvalue weighted by Crippen LogP contribution is -2.40. The summed E-state index contributed by atoms with van der Waals surface area (Å²) in [7, 11) is -3.24. The highest BCUT2D eigenvalue weighted by molar-refractivity contribution is 7.88. The molecule has 6 nitrogen and oxygen atoms in total. The van der Waals surface area contributed by atoms with Gasteiger partial charge in [0, 0.05) is 18.7 Å². The van der Waals surface area contributed by atoms with Crippen LogP contribution < -0.4 is 0 Å². The van der Waals surface area contributed by atoms with Crippen LogP contribution in [0.3, 0.4) is 0 Å². The molecule has 0 atom stereocenters. The van der Waals surface area contributed by atoms with Gasteiger partial charge in [-0.2, -0.15) is 0 Å². The first kappa shape index (κ1) is 19.8. The summed E-state index contributed by atoms with van der Waals surface area (Å²) in [6, 6.07) is 13.8. The van der Waals surface area contributed by atoms with E-state index in [1.54, 1.807) is 6.07 Å². The van der Waals surface area contributed by atoms with Gasteiger partial charge in [-0.1, -0.05) is 36.4 Å². The van der Waals surface area contributed by atoms with E-state index in [4.69, 9.17) is 4.74 Å². The number of esters is 1. The number of nitrogens with zero attached hydrogens (tertiary/aromatic N) is 1. The maximum atomic E-state index is 12.6. The van der Waals surface area contributed by atoms with Crippen molar-refractivity contribution in [2.75, 3.05) is 26.0 Å². The molecular formula is C22H23NO5S. The molecule has 0 N–H and O–H groups in total. The molecule has 1 aliphatic heterocycles. The Morgan fingerprint density at radius 1 is 1.03 bits per heavy atom. The van der Waals surface area contributed by atoms with Crippen LogP contribution in [0, 0.1) is 5.92 Å². The molecule has 0 aromatic heterocycles. The molecule has 0 radical (unpaired) electrons. The Hall–Kier alpha value is -2.51. The molecule has 2 aliphatic rings. The lowest BCUT2D eigenvalue weighted by atomic mass is 9.98. The van der Waals surface area contributed by atoms with E-state index in [1.165, 1.54) is 21.7 Å². The van der Waals surface area contributed by atoms with Crippen LogP contribution in [0.2, 0.25) is 0 Å². The Bertz CT molecular complexity index is 1070. The Morgan fingerprint density at radius 2 is 1.72 bits per heavy atom. The molecule has 1 saturated heterocycles. The van der Waals surface area contributed by atoms with Gasteiger partial charge in [0.1, 0.15) is 0 Å². The summed E-state index contributed by atoms with van der Waals surface area (Å²) in [5.74, 6) is -1.04. The monoisotopic (exact) mass is 413 g/mol. The number of fused-ring (bicyclic) bond motifs is 3. The number of hydrogen-bond donors (Lipinski definition) is 0. The van der Waals surface area contributed by atoms with Crippen LogP contribution in [-0.2, 0) is 26.0 Å². The number of piperidine rings is 1. The van der Waals surface area contributed by atoms with Gasteiger partial charge in [0.05, 0.1) is 12.2 Å². The molecule has 1 fully saturated rings. The fraction of sp³-hybridized carbons (Fsp3) is 0.364. The van der Waals surface area contributed by atoms with E-state index < -0.39 is 16.0 Å². The van der Waals surface area contributed by atoms with Gasteiger partial charge in [0.2, 0.25) is 10.0 Å². The number of Topliss-reactive ketones (excluding diaryl/α,β-unsaturated/α-hetero) is 1. The fourth-order valence-corrected chi connectivity index (χ4v) is 4.93. The number of sulfonamides is 1. The zero-order valence-electron chi connectivity index (χ0n) is 16.3. The first-order chi connectivity index (χ1) is 13.8. The van der Waals surface area contributed by atoms with Crippen LogP contribution in [0.4, 0.5) is 0 Å². The molecule has 0 saturated carbocycles. The topological polar surface area (TPSA) is 80.8 Å². The quantitative estimate of drug-likeness (QED) is 0.475. The molecule has 0 amide bonds. The van der Waals surface area contributed by atoms with Crippen LogP contribution >= 0.6 is 0 Å². The first-order valence-corrected chi connectivity index (χ1v) is 11.5. The number of benzene rings is 2. The molecule has 1 aliphatic carbocycles. The zero-order valence-corrected chi connectivity index (χ0v) is 17.1. The minimum Gasteiger partial charge on any atom is -0.457 e. The molecule has 2 aromatic carbocycles. The van der Waals surface area contributed by atoms with Gasteiger partial charge < -0.3 is 4.74 Å². The molecule has 0 bridgehead atoms. The third kappa shape index (κ3) is 4.11. The van der Waals surface area contributed by atoms with Crippen molar-refractivity contribution >= 4 is 21.8 Å². The first-order valence-electron chi connectivity index (χ1n) is 9.69. The minimum atomic E-state index is -3.24. The minimum absolute atomic E-state index is 0.237. The molecule has 4 rings (SSSR count). The smallest absolute Gasteiger partial charge is 0.309 e. The molecule has 1 heterocycles. The lowest BCUT2D eigenvalue weighted by molar-refractivity contribution is -0.148. The van der Waals surface area contributed by atoms with E-state index >= 15 is 0 Å². The lowest BCUT2D eigenvalue weighted by Gasteiger charge is -2.28. The summed E-state index contributed by atoms with van der Waals surface area (Å²) < 4.78 is 29.7. The molecule has 0 spiro atoms. The zero-order chi connectivity index (χ0) is 20.6. The van der Waals surface area contributed by atoms with Gasteiger partial charge in [-0.05, 0) is 47.6 Å². The second-order valence-electron chi connectivity index (χ2n) is 7.67. The molecule has 7 heteroatoms. The molecule has 2 aromatic rings. The summed E-state index contributed by atoms with van der Waals surface area (Å²) in [6.45, 7) is 0.305. The highest BCUT2D eigenvalue weighted by atomic mass is 32.2. The molecule has 0 unspecified atom stereocenters. The van der Waals surface area contributed by atoms with Crippen molar-refractivity contribution < 1.29 is 22.7 Å². The predicted molar refractivity (Wildman–Crippen MR) is 109 cm³/mol. The summed E-state index contributed by atoms with van der Waals surface area (Å²) in [5, 5.41) is 0. The van der Waals surface area contributed by atoms with E-state index in [1.807, 2.05) is 24.3 Å². The Labute approximate surface area is 170 Å². The van der Waals surface area contributed by atoms with E-state index in [9.17, 15) is 18.0 Å². The van der Waals surface area contributed by atoms with Crippen molar-refractivity contribution in [3.8, 4) is 11.1 Å². The third-order valence-electron chi connectivity index (χ3n) is 5.72. The van der Waals surface area contributed by atoms with Crippen molar-refractivity contribution in [1.29, 1.82) is 0 Å². The number of rotatable bonds is 5. The van der Waals surface area contributed by atoms with Gasteiger partial charge in [-0.3, -0.25) is 9.59 Å². The largest absolute Gasteiger partial charge is 0.457 e. The maximum absolute atomic E-state index is 12.6. The summed E-state index contributed by atoms with van der Waals surface area (Å²) >= 11 is 0. The van der Waals surface area contributed by atoms with Crippen LogP contribution in [0.5, 0.6) is 0 Å². The van der Waals surface area contributed by atoms with E-state index in [-0.39, 0.29) is 18.3 Å². The maximum Gasteiger partial charge on any atom is 0.309 e. The third-order valence-corrected chi connectivity index (χ3v) is 7.03. The van der Waals surface area contributed by atoms with Gasteiger partial charge in [0.15, 0.2) is 12.4 Å². The van der Waals surface area contributed by atoms with Crippen molar-refractivity contribution in [3.63, 3.8) is 0 Å². The van der Waals surface area contributed by atoms with Gasteiger partial charge in [-0.15, -0.1) is 0 Å². The Balaban J connectivity index is 1.36. The molecule has 29 heavy (non-hydrogen) atoms. The fourth-order valence-electron chi connectivity index (χ4n) is 4.06. The van der Waals surface area contributed by atoms with Crippen LogP contribution in [0.15, 0.2) is 42.5 Å². The highest BCUT2D eigenvalue weighted by Crippen LogP contribution is 2.36. The highest BCUT2D eigenvalue weighted by Gasteiger charge is 2.30. The van der Waals surface area contributed by atoms with Crippen LogP contribution in [0.1, 0.15) is 34.3 Å². The number of ether oxygens (including phenoxy) is 1. The second-order valence-corrected chi connectivity index (χ2v) is 9.66. The van der Waals surface area contributed by atoms with Gasteiger partial charge in [0.25, 0.3) is 0 Å². The normalized spacial score (nSPS) is 16.9. The summed E-state index contributed by atoms with van der Waals surface area (Å²) in [5.41, 5.74) is 5.18. The summed E-state index contributed by atoms with van der Waals surface area (Å²) in [4.78, 5) is 24.9. The van der Waals surface area contributed by atoms with Crippen molar-refractivity contribution in [1.82, 2.24) is 4.31 Å². The van der Waals surface area contributed by atoms with Crippen molar-refractivity contribution in [3.05, 3.63) is 59.2 Å². The summed E-state index contributed by atoms with van der Waals surface area (Å²) in [6.07, 6.45) is 2.85. The predicted octanol–water partition coefficient (Wildman–Crippen LogP) is 2.66. The van der Waals surface area contributed by atoms with Gasteiger partial charge >= 0.3 is 5.97 Å².